The average Bonchev–Trinajstić information content (AvgIpc) is 2.97. The van der Waals surface area contributed by atoms with E-state index in [9.17, 15) is 19.3 Å². The molecule has 0 aliphatic heterocycles. The van der Waals surface area contributed by atoms with Crippen LogP contribution in [0, 0.1) is 22.9 Å². The fourth-order valence-corrected chi connectivity index (χ4v) is 3.03. The largest absolute Gasteiger partial charge is 0.360 e. The minimum atomic E-state index is -1.01. The third-order valence-corrected chi connectivity index (χ3v) is 4.32. The molecule has 1 heterocycles. The van der Waals surface area contributed by atoms with Crippen molar-refractivity contribution in [3.63, 3.8) is 0 Å². The van der Waals surface area contributed by atoms with Gasteiger partial charge in [-0.3, -0.25) is 14.9 Å². The number of amides is 1. The molecule has 1 aromatic heterocycles. The highest BCUT2D eigenvalue weighted by atomic mass is 35.5. The number of benzene rings is 2. The van der Waals surface area contributed by atoms with E-state index in [0.29, 0.717) is 5.56 Å². The molecule has 0 bridgehead atoms. The second-order valence-corrected chi connectivity index (χ2v) is 6.25. The van der Waals surface area contributed by atoms with Gasteiger partial charge in [0.05, 0.1) is 15.0 Å². The molecule has 1 amide bonds. The summed E-state index contributed by atoms with van der Waals surface area (Å²) in [6.07, 6.45) is 0. The van der Waals surface area contributed by atoms with Crippen LogP contribution in [0.25, 0.3) is 11.3 Å². The molecule has 0 aliphatic carbocycles. The number of carbonyl (C=O) groups excluding carboxylic acids is 1. The minimum Gasteiger partial charge on any atom is -0.360 e. The summed E-state index contributed by atoms with van der Waals surface area (Å²) in [5, 5.41) is 17.7. The maximum atomic E-state index is 13.5. The lowest BCUT2D eigenvalue weighted by Crippen LogP contribution is -2.14. The predicted octanol–water partition coefficient (Wildman–Crippen LogP) is 5.26. The van der Waals surface area contributed by atoms with E-state index in [-0.39, 0.29) is 32.8 Å². The Morgan fingerprint density at radius 1 is 1.26 bits per heavy atom. The average molecular weight is 410 g/mol. The first-order chi connectivity index (χ1) is 12.8. The number of hydrogen-bond donors (Lipinski definition) is 1. The number of nitrogens with one attached hydrogen (secondary N) is 1. The first-order valence-electron chi connectivity index (χ1n) is 7.45. The van der Waals surface area contributed by atoms with Crippen LogP contribution in [-0.4, -0.2) is 16.0 Å². The number of nitro benzene ring substituents is 1. The van der Waals surface area contributed by atoms with Gasteiger partial charge < -0.3 is 9.84 Å². The van der Waals surface area contributed by atoms with Crippen LogP contribution in [0.5, 0.6) is 0 Å². The highest BCUT2D eigenvalue weighted by Crippen LogP contribution is 2.37. The van der Waals surface area contributed by atoms with Gasteiger partial charge in [-0.05, 0) is 31.2 Å². The summed E-state index contributed by atoms with van der Waals surface area (Å²) in [6.45, 7) is 1.52. The third-order valence-electron chi connectivity index (χ3n) is 3.69. The van der Waals surface area contributed by atoms with Crippen molar-refractivity contribution in [3.05, 3.63) is 73.7 Å². The zero-order valence-electron chi connectivity index (χ0n) is 13.6. The van der Waals surface area contributed by atoms with Crippen LogP contribution in [0.1, 0.15) is 16.1 Å². The Hall–Kier alpha value is -2.97. The Bertz CT molecular complexity index is 1050. The molecule has 0 radical (unpaired) electrons. The Morgan fingerprint density at radius 2 is 1.93 bits per heavy atom. The Balaban J connectivity index is 2.01. The third kappa shape index (κ3) is 3.62. The summed E-state index contributed by atoms with van der Waals surface area (Å²) < 4.78 is 18.6. The van der Waals surface area contributed by atoms with Crippen LogP contribution < -0.4 is 5.32 Å². The van der Waals surface area contributed by atoms with Gasteiger partial charge in [-0.1, -0.05) is 34.4 Å². The molecular formula is C17H10Cl2FN3O4. The number of halogens is 3. The Labute approximate surface area is 161 Å². The molecule has 2 aromatic carbocycles. The predicted molar refractivity (Wildman–Crippen MR) is 97.7 cm³/mol. The molecule has 0 aliphatic rings. The Morgan fingerprint density at radius 3 is 2.56 bits per heavy atom. The van der Waals surface area contributed by atoms with Gasteiger partial charge >= 0.3 is 5.69 Å². The molecule has 7 nitrogen and oxygen atoms in total. The molecule has 1 N–H and O–H groups in total. The fourth-order valence-electron chi connectivity index (χ4n) is 2.46. The van der Waals surface area contributed by atoms with Crippen molar-refractivity contribution in [2.45, 2.75) is 6.92 Å². The zero-order chi connectivity index (χ0) is 19.7. The molecule has 0 saturated carbocycles. The van der Waals surface area contributed by atoms with Crippen molar-refractivity contribution in [2.24, 2.45) is 0 Å². The molecule has 3 aromatic rings. The zero-order valence-corrected chi connectivity index (χ0v) is 15.1. The van der Waals surface area contributed by atoms with Crippen molar-refractivity contribution in [1.82, 2.24) is 5.16 Å². The number of anilines is 1. The van der Waals surface area contributed by atoms with Crippen molar-refractivity contribution in [3.8, 4) is 11.3 Å². The van der Waals surface area contributed by atoms with Gasteiger partial charge in [0.2, 0.25) is 5.82 Å². The van der Waals surface area contributed by atoms with E-state index in [1.165, 1.54) is 13.0 Å². The standard InChI is InChI=1S/C17H10Cl2FN3O4/c1-8-14(16(22-27-8)15-10(18)3-2-4-11(15)19)17(24)21-9-5-6-12(20)13(7-9)23(25)26/h2-7H,1H3,(H,21,24). The van der Waals surface area contributed by atoms with Gasteiger partial charge in [-0.25, -0.2) is 0 Å². The van der Waals surface area contributed by atoms with Crippen molar-refractivity contribution < 1.29 is 18.6 Å². The second kappa shape index (κ2) is 7.34. The van der Waals surface area contributed by atoms with Gasteiger partial charge in [0, 0.05) is 17.3 Å². The molecule has 138 valence electrons. The van der Waals surface area contributed by atoms with E-state index < -0.39 is 22.3 Å². The smallest absolute Gasteiger partial charge is 0.306 e. The summed E-state index contributed by atoms with van der Waals surface area (Å²) >= 11 is 12.3. The van der Waals surface area contributed by atoms with E-state index in [2.05, 4.69) is 10.5 Å². The number of nitrogens with zero attached hydrogens (tertiary/aromatic N) is 2. The maximum Gasteiger partial charge on any atom is 0.306 e. The van der Waals surface area contributed by atoms with Crippen molar-refractivity contribution in [2.75, 3.05) is 5.32 Å². The normalized spacial score (nSPS) is 10.7. The van der Waals surface area contributed by atoms with Gasteiger partial charge in [-0.15, -0.1) is 0 Å². The summed E-state index contributed by atoms with van der Waals surface area (Å²) in [6, 6.07) is 7.80. The number of aryl methyl sites for hydroxylation is 1. The number of hydrogen-bond acceptors (Lipinski definition) is 5. The fraction of sp³-hybridized carbons (Fsp3) is 0.0588. The summed E-state index contributed by atoms with van der Waals surface area (Å²) in [5.74, 6) is -1.49. The summed E-state index contributed by atoms with van der Waals surface area (Å²) in [5.41, 5.74) is -0.240. The quantitative estimate of drug-likeness (QED) is 0.468. The van der Waals surface area contributed by atoms with E-state index in [1.807, 2.05) is 0 Å². The lowest BCUT2D eigenvalue weighted by Gasteiger charge is -2.08. The first kappa shape index (κ1) is 18.8. The topological polar surface area (TPSA) is 98.3 Å². The Kier molecular flexibility index (Phi) is 5.11. The van der Waals surface area contributed by atoms with Crippen molar-refractivity contribution in [1.29, 1.82) is 0 Å². The molecule has 0 atom stereocenters. The van der Waals surface area contributed by atoms with E-state index >= 15 is 0 Å². The molecule has 10 heteroatoms. The van der Waals surface area contributed by atoms with Crippen LogP contribution in [0.4, 0.5) is 15.8 Å². The highest BCUT2D eigenvalue weighted by Gasteiger charge is 2.25. The van der Waals surface area contributed by atoms with Gasteiger partial charge in [0.1, 0.15) is 17.0 Å². The minimum absolute atomic E-state index is 0.0323. The number of carbonyl (C=O) groups is 1. The lowest BCUT2D eigenvalue weighted by atomic mass is 10.1. The van der Waals surface area contributed by atoms with E-state index in [4.69, 9.17) is 27.7 Å². The molecule has 0 fully saturated rings. The number of rotatable bonds is 4. The van der Waals surface area contributed by atoms with Gasteiger partial charge in [-0.2, -0.15) is 4.39 Å². The van der Waals surface area contributed by atoms with Gasteiger partial charge in [0.25, 0.3) is 5.91 Å². The number of nitro groups is 1. The van der Waals surface area contributed by atoms with Crippen LogP contribution in [0.15, 0.2) is 40.9 Å². The molecule has 0 spiro atoms. The molecular weight excluding hydrogens is 400 g/mol. The molecule has 3 rings (SSSR count). The lowest BCUT2D eigenvalue weighted by molar-refractivity contribution is -0.387. The number of aromatic nitrogens is 1. The van der Waals surface area contributed by atoms with Crippen LogP contribution >= 0.6 is 23.2 Å². The monoisotopic (exact) mass is 409 g/mol. The van der Waals surface area contributed by atoms with Crippen molar-refractivity contribution >= 4 is 40.5 Å². The van der Waals surface area contributed by atoms with E-state index in [0.717, 1.165) is 12.1 Å². The molecule has 27 heavy (non-hydrogen) atoms. The van der Waals surface area contributed by atoms with Crippen LogP contribution in [0.2, 0.25) is 10.0 Å². The molecule has 0 saturated heterocycles. The highest BCUT2D eigenvalue weighted by molar-refractivity contribution is 6.39. The maximum absolute atomic E-state index is 13.5. The SMILES string of the molecule is Cc1onc(-c2c(Cl)cccc2Cl)c1C(=O)Nc1ccc(F)c([N+](=O)[O-])c1. The van der Waals surface area contributed by atoms with Crippen LogP contribution in [-0.2, 0) is 0 Å². The second-order valence-electron chi connectivity index (χ2n) is 5.44. The van der Waals surface area contributed by atoms with Gasteiger partial charge in [0.15, 0.2) is 0 Å². The summed E-state index contributed by atoms with van der Waals surface area (Å²) in [4.78, 5) is 22.7. The van der Waals surface area contributed by atoms with Crippen LogP contribution in [0.3, 0.4) is 0 Å². The first-order valence-corrected chi connectivity index (χ1v) is 8.21. The van der Waals surface area contributed by atoms with E-state index in [1.54, 1.807) is 18.2 Å². The summed E-state index contributed by atoms with van der Waals surface area (Å²) in [7, 11) is 0. The molecule has 0 unspecified atom stereocenters.